The number of phenolic OH excluding ortho intramolecular Hbond substituents is 1. The van der Waals surface area contributed by atoms with Gasteiger partial charge in [-0.1, -0.05) is 51.3 Å². The molecule has 0 aliphatic carbocycles. The van der Waals surface area contributed by atoms with Crippen LogP contribution in [0.5, 0.6) is 5.75 Å². The topological polar surface area (TPSA) is 20.2 Å². The lowest BCUT2D eigenvalue weighted by atomic mass is 9.93. The fourth-order valence-electron chi connectivity index (χ4n) is 1.94. The number of rotatable bonds is 5. The molecule has 1 aromatic carbocycles. The van der Waals surface area contributed by atoms with Crippen LogP contribution < -0.4 is 0 Å². The second-order valence-corrected chi connectivity index (χ2v) is 4.41. The summed E-state index contributed by atoms with van der Waals surface area (Å²) in [6.07, 6.45) is 4.97. The van der Waals surface area contributed by atoms with Crippen molar-refractivity contribution in [3.63, 3.8) is 0 Å². The van der Waals surface area contributed by atoms with Gasteiger partial charge in [0.1, 0.15) is 5.75 Å². The van der Waals surface area contributed by atoms with Crippen molar-refractivity contribution < 1.29 is 5.11 Å². The molecule has 15 heavy (non-hydrogen) atoms. The van der Waals surface area contributed by atoms with Crippen LogP contribution in [0.2, 0.25) is 0 Å². The summed E-state index contributed by atoms with van der Waals surface area (Å²) in [5.74, 6) is 0.956. The van der Waals surface area contributed by atoms with Crippen molar-refractivity contribution in [3.8, 4) is 5.75 Å². The zero-order chi connectivity index (χ0) is 11.3. The third-order valence-corrected chi connectivity index (χ3v) is 3.04. The third kappa shape index (κ3) is 3.26. The van der Waals surface area contributed by atoms with Gasteiger partial charge in [-0.3, -0.25) is 0 Å². The van der Waals surface area contributed by atoms with Crippen molar-refractivity contribution in [2.75, 3.05) is 0 Å². The van der Waals surface area contributed by atoms with Gasteiger partial charge in [-0.25, -0.2) is 0 Å². The number of benzene rings is 1. The van der Waals surface area contributed by atoms with Crippen LogP contribution in [0.3, 0.4) is 0 Å². The van der Waals surface area contributed by atoms with E-state index in [1.807, 2.05) is 25.1 Å². The maximum atomic E-state index is 9.92. The quantitative estimate of drug-likeness (QED) is 0.709. The van der Waals surface area contributed by atoms with E-state index in [4.69, 9.17) is 0 Å². The van der Waals surface area contributed by atoms with E-state index < -0.39 is 0 Å². The summed E-state index contributed by atoms with van der Waals surface area (Å²) >= 11 is 0. The number of unbranched alkanes of at least 4 members (excludes halogenated alkanes) is 2. The molecule has 1 aromatic rings. The maximum Gasteiger partial charge on any atom is 0.121 e. The number of aromatic hydroxyl groups is 1. The molecule has 0 bridgehead atoms. The van der Waals surface area contributed by atoms with Crippen LogP contribution >= 0.6 is 0 Å². The van der Waals surface area contributed by atoms with Crippen molar-refractivity contribution in [2.45, 2.75) is 52.4 Å². The minimum absolute atomic E-state index is 0.469. The molecule has 1 rings (SSSR count). The number of hydrogen-bond donors (Lipinski definition) is 1. The molecule has 0 saturated heterocycles. The standard InChI is InChI=1S/C14H22O/c1-4-5-6-8-11(2)13-10-7-9-12(3)14(13)15/h7,9-11,15H,4-6,8H2,1-3H3. The van der Waals surface area contributed by atoms with Crippen molar-refractivity contribution in [1.29, 1.82) is 0 Å². The van der Waals surface area contributed by atoms with Crippen LogP contribution in [0.25, 0.3) is 0 Å². The highest BCUT2D eigenvalue weighted by molar-refractivity contribution is 5.41. The van der Waals surface area contributed by atoms with Gasteiger partial charge in [0.2, 0.25) is 0 Å². The van der Waals surface area contributed by atoms with E-state index in [9.17, 15) is 5.11 Å². The Morgan fingerprint density at radius 1 is 1.27 bits per heavy atom. The Morgan fingerprint density at radius 3 is 2.67 bits per heavy atom. The molecule has 1 atom stereocenters. The molecule has 84 valence electrons. The second kappa shape index (κ2) is 5.79. The normalized spacial score (nSPS) is 12.7. The van der Waals surface area contributed by atoms with E-state index in [0.717, 1.165) is 11.1 Å². The smallest absolute Gasteiger partial charge is 0.121 e. The molecule has 0 aromatic heterocycles. The summed E-state index contributed by atoms with van der Waals surface area (Å²) in [7, 11) is 0. The Bertz CT molecular complexity index is 304. The Hall–Kier alpha value is -0.980. The van der Waals surface area contributed by atoms with Gasteiger partial charge in [0.15, 0.2) is 0 Å². The van der Waals surface area contributed by atoms with Gasteiger partial charge in [0.05, 0.1) is 0 Å². The average Bonchev–Trinajstić information content (AvgIpc) is 2.22. The lowest BCUT2D eigenvalue weighted by Gasteiger charge is -2.14. The van der Waals surface area contributed by atoms with Gasteiger partial charge in [-0.05, 0) is 30.4 Å². The lowest BCUT2D eigenvalue weighted by molar-refractivity contribution is 0.454. The molecule has 0 radical (unpaired) electrons. The molecule has 0 spiro atoms. The van der Waals surface area contributed by atoms with E-state index in [1.54, 1.807) is 0 Å². The predicted octanol–water partition coefficient (Wildman–Crippen LogP) is 4.38. The number of aryl methyl sites for hydroxylation is 1. The summed E-state index contributed by atoms with van der Waals surface area (Å²) in [6.45, 7) is 6.37. The fraction of sp³-hybridized carbons (Fsp3) is 0.571. The van der Waals surface area contributed by atoms with Gasteiger partial charge in [0.25, 0.3) is 0 Å². The molecule has 0 saturated carbocycles. The molecule has 1 N–H and O–H groups in total. The summed E-state index contributed by atoms with van der Waals surface area (Å²) in [4.78, 5) is 0. The molecule has 0 fully saturated rings. The van der Waals surface area contributed by atoms with E-state index in [-0.39, 0.29) is 0 Å². The van der Waals surface area contributed by atoms with Gasteiger partial charge < -0.3 is 5.11 Å². The van der Waals surface area contributed by atoms with Crippen molar-refractivity contribution in [3.05, 3.63) is 29.3 Å². The van der Waals surface area contributed by atoms with Gasteiger partial charge in [0, 0.05) is 0 Å². The van der Waals surface area contributed by atoms with Gasteiger partial charge in [-0.15, -0.1) is 0 Å². The minimum atomic E-state index is 0.469. The number of para-hydroxylation sites is 1. The van der Waals surface area contributed by atoms with Crippen LogP contribution in [0.4, 0.5) is 0 Å². The molecule has 0 aliphatic rings. The summed E-state index contributed by atoms with van der Waals surface area (Å²) < 4.78 is 0. The molecule has 1 nitrogen and oxygen atoms in total. The monoisotopic (exact) mass is 206 g/mol. The molecule has 0 heterocycles. The SMILES string of the molecule is CCCCCC(C)c1cccc(C)c1O. The highest BCUT2D eigenvalue weighted by Crippen LogP contribution is 2.31. The zero-order valence-corrected chi connectivity index (χ0v) is 10.1. The molecule has 0 aliphatic heterocycles. The summed E-state index contributed by atoms with van der Waals surface area (Å²) in [5, 5.41) is 9.92. The largest absolute Gasteiger partial charge is 0.507 e. The molecular weight excluding hydrogens is 184 g/mol. The molecule has 0 amide bonds. The Kier molecular flexibility index (Phi) is 4.67. The number of hydrogen-bond acceptors (Lipinski definition) is 1. The highest BCUT2D eigenvalue weighted by atomic mass is 16.3. The van der Waals surface area contributed by atoms with Crippen LogP contribution in [0.15, 0.2) is 18.2 Å². The first-order valence-corrected chi connectivity index (χ1v) is 5.95. The van der Waals surface area contributed by atoms with Crippen molar-refractivity contribution in [1.82, 2.24) is 0 Å². The average molecular weight is 206 g/mol. The Balaban J connectivity index is 2.65. The first kappa shape index (κ1) is 12.1. The van der Waals surface area contributed by atoms with Gasteiger partial charge >= 0.3 is 0 Å². The third-order valence-electron chi connectivity index (χ3n) is 3.04. The Morgan fingerprint density at radius 2 is 2.00 bits per heavy atom. The van der Waals surface area contributed by atoms with E-state index >= 15 is 0 Å². The second-order valence-electron chi connectivity index (χ2n) is 4.41. The van der Waals surface area contributed by atoms with Crippen molar-refractivity contribution >= 4 is 0 Å². The number of phenols is 1. The first-order chi connectivity index (χ1) is 7.16. The van der Waals surface area contributed by atoms with Crippen LogP contribution in [-0.4, -0.2) is 5.11 Å². The van der Waals surface area contributed by atoms with Crippen LogP contribution in [0, 0.1) is 6.92 Å². The van der Waals surface area contributed by atoms with Crippen LogP contribution in [-0.2, 0) is 0 Å². The fourth-order valence-corrected chi connectivity index (χ4v) is 1.94. The highest BCUT2D eigenvalue weighted by Gasteiger charge is 2.10. The van der Waals surface area contributed by atoms with E-state index in [0.29, 0.717) is 11.7 Å². The zero-order valence-electron chi connectivity index (χ0n) is 10.1. The predicted molar refractivity (Wildman–Crippen MR) is 65.4 cm³/mol. The lowest BCUT2D eigenvalue weighted by Crippen LogP contribution is -1.95. The summed E-state index contributed by atoms with van der Waals surface area (Å²) in [6, 6.07) is 6.03. The molecule has 1 unspecified atom stereocenters. The van der Waals surface area contributed by atoms with E-state index in [2.05, 4.69) is 13.8 Å². The maximum absolute atomic E-state index is 9.92. The van der Waals surface area contributed by atoms with Gasteiger partial charge in [-0.2, -0.15) is 0 Å². The van der Waals surface area contributed by atoms with E-state index in [1.165, 1.54) is 25.7 Å². The minimum Gasteiger partial charge on any atom is -0.507 e. The summed E-state index contributed by atoms with van der Waals surface area (Å²) in [5.41, 5.74) is 2.08. The van der Waals surface area contributed by atoms with Crippen molar-refractivity contribution in [2.24, 2.45) is 0 Å². The first-order valence-electron chi connectivity index (χ1n) is 5.95. The molecule has 1 heteroatoms. The van der Waals surface area contributed by atoms with Crippen LogP contribution in [0.1, 0.15) is 56.6 Å². The molecular formula is C14H22O. The Labute approximate surface area is 93.1 Å².